The number of benzene rings is 2. The van der Waals surface area contributed by atoms with Crippen LogP contribution in [-0.2, 0) is 24.3 Å². The van der Waals surface area contributed by atoms with Crippen LogP contribution in [-0.4, -0.2) is 43.3 Å². The molecule has 0 unspecified atom stereocenters. The molecule has 2 heterocycles. The summed E-state index contributed by atoms with van der Waals surface area (Å²) in [5.74, 6) is -1.10. The fourth-order valence-corrected chi connectivity index (χ4v) is 4.21. The molecule has 0 spiro atoms. The maximum Gasteiger partial charge on any atom is 0.340 e. The average Bonchev–Trinajstić information content (AvgIpc) is 2.78. The van der Waals surface area contributed by atoms with Gasteiger partial charge in [0, 0.05) is 24.0 Å². The van der Waals surface area contributed by atoms with Gasteiger partial charge in [0.05, 0.1) is 11.3 Å². The second-order valence-electron chi connectivity index (χ2n) is 7.40. The molecular weight excluding hydrogens is 430 g/mol. The molecular formula is C23H21N3O5S. The van der Waals surface area contributed by atoms with Gasteiger partial charge in [-0.3, -0.25) is 4.79 Å². The zero-order chi connectivity index (χ0) is 22.7. The second-order valence-corrected chi connectivity index (χ2v) is 9.15. The van der Waals surface area contributed by atoms with Crippen molar-refractivity contribution in [3.8, 4) is 0 Å². The van der Waals surface area contributed by atoms with E-state index in [0.29, 0.717) is 11.3 Å². The van der Waals surface area contributed by atoms with E-state index in [9.17, 15) is 18.0 Å². The van der Waals surface area contributed by atoms with Crippen LogP contribution in [0.25, 0.3) is 0 Å². The molecule has 0 aromatic heterocycles. The number of ether oxygens (including phenoxy) is 1. The van der Waals surface area contributed by atoms with Gasteiger partial charge in [0.25, 0.3) is 15.9 Å². The van der Waals surface area contributed by atoms with Crippen LogP contribution in [0.2, 0.25) is 0 Å². The summed E-state index contributed by atoms with van der Waals surface area (Å²) in [7, 11) is -3.49. The number of sulfonamides is 1. The molecule has 2 aromatic carbocycles. The van der Waals surface area contributed by atoms with Crippen molar-refractivity contribution in [3.05, 3.63) is 89.6 Å². The van der Waals surface area contributed by atoms with Crippen LogP contribution in [0.5, 0.6) is 0 Å². The van der Waals surface area contributed by atoms with Crippen molar-refractivity contribution in [2.45, 2.75) is 13.0 Å². The van der Waals surface area contributed by atoms with E-state index in [-0.39, 0.29) is 23.7 Å². The normalized spacial score (nSPS) is 17.5. The van der Waals surface area contributed by atoms with Gasteiger partial charge in [0.2, 0.25) is 6.10 Å². The van der Waals surface area contributed by atoms with Crippen molar-refractivity contribution in [3.63, 3.8) is 0 Å². The molecule has 1 atom stereocenters. The number of amides is 1. The van der Waals surface area contributed by atoms with E-state index in [2.05, 4.69) is 9.71 Å². The molecule has 1 amide bonds. The zero-order valence-corrected chi connectivity index (χ0v) is 18.1. The lowest BCUT2D eigenvalue weighted by Gasteiger charge is -2.27. The molecule has 164 valence electrons. The first-order valence-electron chi connectivity index (χ1n) is 9.93. The number of fused-ring (bicyclic) bond motifs is 1. The van der Waals surface area contributed by atoms with Gasteiger partial charge in [0.15, 0.2) is 0 Å². The Morgan fingerprint density at radius 2 is 1.78 bits per heavy atom. The highest BCUT2D eigenvalue weighted by Gasteiger charge is 2.29. The number of carbonyl (C=O) groups is 2. The quantitative estimate of drug-likeness (QED) is 0.701. The highest BCUT2D eigenvalue weighted by Crippen LogP contribution is 2.24. The molecule has 0 bridgehead atoms. The molecule has 2 aliphatic heterocycles. The summed E-state index contributed by atoms with van der Waals surface area (Å²) in [5, 5.41) is 2.78. The van der Waals surface area contributed by atoms with Crippen LogP contribution in [0.15, 0.2) is 82.9 Å². The average molecular weight is 452 g/mol. The lowest BCUT2D eigenvalue weighted by Crippen LogP contribution is -2.37. The van der Waals surface area contributed by atoms with Crippen LogP contribution in [0.1, 0.15) is 17.2 Å². The number of nitrogens with one attached hydrogen (secondary N) is 1. The molecule has 1 N–H and O–H groups in total. The maximum atomic E-state index is 13.0. The number of nitrogens with zero attached hydrogens (tertiary/aromatic N) is 2. The number of anilines is 1. The third-order valence-corrected chi connectivity index (χ3v) is 6.11. The number of hydrogen-bond donors (Lipinski definition) is 1. The van der Waals surface area contributed by atoms with E-state index in [4.69, 9.17) is 4.74 Å². The van der Waals surface area contributed by atoms with Crippen molar-refractivity contribution in [1.82, 2.24) is 4.90 Å². The van der Waals surface area contributed by atoms with Crippen LogP contribution in [0.4, 0.5) is 5.69 Å². The minimum atomic E-state index is -3.49. The fraction of sp³-hybridized carbons (Fsp3) is 0.174. The van der Waals surface area contributed by atoms with E-state index >= 15 is 0 Å². The molecule has 2 aliphatic rings. The van der Waals surface area contributed by atoms with Gasteiger partial charge in [0.1, 0.15) is 5.84 Å². The van der Waals surface area contributed by atoms with E-state index in [1.54, 1.807) is 47.4 Å². The Labute approximate surface area is 186 Å². The molecule has 0 aliphatic carbocycles. The maximum absolute atomic E-state index is 13.0. The summed E-state index contributed by atoms with van der Waals surface area (Å²) in [4.78, 5) is 27.4. The van der Waals surface area contributed by atoms with Gasteiger partial charge in [-0.2, -0.15) is 0 Å². The Morgan fingerprint density at radius 3 is 2.50 bits per heavy atom. The van der Waals surface area contributed by atoms with Gasteiger partial charge < -0.3 is 15.0 Å². The molecule has 2 aromatic rings. The molecule has 0 fully saturated rings. The van der Waals surface area contributed by atoms with E-state index < -0.39 is 28.0 Å². The molecule has 0 radical (unpaired) electrons. The van der Waals surface area contributed by atoms with Gasteiger partial charge in [-0.15, -0.1) is 4.40 Å². The van der Waals surface area contributed by atoms with Crippen LogP contribution < -0.4 is 5.32 Å². The van der Waals surface area contributed by atoms with Crippen molar-refractivity contribution < 1.29 is 22.7 Å². The van der Waals surface area contributed by atoms with E-state index in [0.717, 1.165) is 5.56 Å². The van der Waals surface area contributed by atoms with Crippen molar-refractivity contribution in [2.75, 3.05) is 17.6 Å². The van der Waals surface area contributed by atoms with Crippen molar-refractivity contribution >= 4 is 33.4 Å². The van der Waals surface area contributed by atoms with E-state index in [1.165, 1.54) is 18.4 Å². The summed E-state index contributed by atoms with van der Waals surface area (Å²) in [6, 6.07) is 16.0. The predicted molar refractivity (Wildman–Crippen MR) is 120 cm³/mol. The minimum absolute atomic E-state index is 0.144. The fourth-order valence-electron chi connectivity index (χ4n) is 3.24. The minimum Gasteiger partial charge on any atom is -0.444 e. The largest absolute Gasteiger partial charge is 0.444 e. The number of esters is 1. The lowest BCUT2D eigenvalue weighted by molar-refractivity contribution is -0.150. The number of carbonyl (C=O) groups excluding carboxylic acids is 2. The van der Waals surface area contributed by atoms with Gasteiger partial charge in [-0.1, -0.05) is 48.0 Å². The molecule has 9 heteroatoms. The Morgan fingerprint density at radius 1 is 1.06 bits per heavy atom. The summed E-state index contributed by atoms with van der Waals surface area (Å²) < 4.78 is 32.6. The Bertz CT molecular complexity index is 1230. The van der Waals surface area contributed by atoms with E-state index in [1.807, 2.05) is 19.1 Å². The third kappa shape index (κ3) is 4.94. The zero-order valence-electron chi connectivity index (χ0n) is 17.3. The summed E-state index contributed by atoms with van der Waals surface area (Å²) in [5.41, 5.74) is 2.35. The first kappa shape index (κ1) is 21.5. The van der Waals surface area contributed by atoms with Gasteiger partial charge in [-0.05, 0) is 31.2 Å². The highest BCUT2D eigenvalue weighted by molar-refractivity contribution is 7.90. The molecule has 32 heavy (non-hydrogen) atoms. The van der Waals surface area contributed by atoms with Crippen LogP contribution in [0.3, 0.4) is 0 Å². The monoisotopic (exact) mass is 451 g/mol. The predicted octanol–water partition coefficient (Wildman–Crippen LogP) is 2.72. The Hall–Kier alpha value is -3.72. The Balaban J connectivity index is 1.54. The molecule has 0 saturated heterocycles. The number of amidine groups is 1. The number of rotatable bonds is 5. The highest BCUT2D eigenvalue weighted by atomic mass is 32.2. The number of hydrogen-bond acceptors (Lipinski definition) is 6. The molecule has 8 nitrogen and oxygen atoms in total. The van der Waals surface area contributed by atoms with Gasteiger partial charge in [-0.25, -0.2) is 13.2 Å². The smallest absolute Gasteiger partial charge is 0.340 e. The lowest BCUT2D eigenvalue weighted by atomic mass is 10.1. The standard InChI is InChI=1S/C23H21N3O5S/c1-16-7-10-19(11-8-16)24-22(27)21(17-5-3-2-4-6-17)31-23(28)18-9-12-20-25-32(29,30)14-13-26(20)15-18/h2-12,15,21H,13-14H2,1H3,(H,24,27)/t21-/m1/s1. The first-order chi connectivity index (χ1) is 15.3. The second kappa shape index (κ2) is 8.80. The summed E-state index contributed by atoms with van der Waals surface area (Å²) in [6.45, 7) is 2.12. The molecule has 4 rings (SSSR count). The van der Waals surface area contributed by atoms with Crippen molar-refractivity contribution in [2.24, 2.45) is 4.40 Å². The first-order valence-corrected chi connectivity index (χ1v) is 11.5. The van der Waals surface area contributed by atoms with Gasteiger partial charge >= 0.3 is 5.97 Å². The summed E-state index contributed by atoms with van der Waals surface area (Å²) >= 11 is 0. The van der Waals surface area contributed by atoms with Crippen molar-refractivity contribution in [1.29, 1.82) is 0 Å². The number of aryl methyl sites for hydroxylation is 1. The van der Waals surface area contributed by atoms with Crippen LogP contribution in [0, 0.1) is 6.92 Å². The topological polar surface area (TPSA) is 105 Å². The SMILES string of the molecule is Cc1ccc(NC(=O)[C@H](OC(=O)C2=CN3CCS(=O)(=O)N=C3C=C2)c2ccccc2)cc1. The van der Waals surface area contributed by atoms with Crippen LogP contribution >= 0.6 is 0 Å². The summed E-state index contributed by atoms with van der Waals surface area (Å²) in [6.07, 6.45) is 3.18. The Kier molecular flexibility index (Phi) is 5.91. The molecule has 0 saturated carbocycles. The third-order valence-electron chi connectivity index (χ3n) is 4.94.